The molecule has 3 rings (SSSR count). The topological polar surface area (TPSA) is 98.2 Å². The minimum atomic E-state index is -4.90. The molecule has 0 aliphatic rings. The number of ether oxygens (including phenoxy) is 1. The number of aromatic nitrogens is 2. The molecule has 0 aliphatic carbocycles. The van der Waals surface area contributed by atoms with Crippen molar-refractivity contribution in [2.75, 3.05) is 18.2 Å². The van der Waals surface area contributed by atoms with Crippen LogP contribution in [0.3, 0.4) is 0 Å². The summed E-state index contributed by atoms with van der Waals surface area (Å²) in [4.78, 5) is 19.2. The highest BCUT2D eigenvalue weighted by Gasteiger charge is 2.35. The van der Waals surface area contributed by atoms with Gasteiger partial charge in [0.2, 0.25) is 20.9 Å². The van der Waals surface area contributed by atoms with Crippen LogP contribution >= 0.6 is 11.6 Å². The Bertz CT molecular complexity index is 1250. The first-order valence-electron chi connectivity index (χ1n) is 9.37. The number of rotatable bonds is 7. The molecule has 0 aliphatic heterocycles. The zero-order chi connectivity index (χ0) is 24.2. The summed E-state index contributed by atoms with van der Waals surface area (Å²) in [7, 11) is -2.98. The molecule has 0 atom stereocenters. The van der Waals surface area contributed by atoms with Crippen LogP contribution in [0.15, 0.2) is 59.8 Å². The molecule has 1 N–H and O–H groups in total. The SMILES string of the molecule is COc1ccc(-c2cc(C(F)(F)F)nc(S(=O)(=O)CCC(=O)Nc3ccc(Cl)cc3)n2)cc1. The lowest BCUT2D eigenvalue weighted by Crippen LogP contribution is -2.20. The quantitative estimate of drug-likeness (QED) is 0.476. The Labute approximate surface area is 192 Å². The first kappa shape index (κ1) is 24.5. The molecule has 33 heavy (non-hydrogen) atoms. The molecule has 7 nitrogen and oxygen atoms in total. The molecule has 0 spiro atoms. The number of amides is 1. The van der Waals surface area contributed by atoms with E-state index in [1.807, 2.05) is 0 Å². The zero-order valence-corrected chi connectivity index (χ0v) is 18.6. The number of hydrogen-bond acceptors (Lipinski definition) is 6. The number of halogens is 4. The summed E-state index contributed by atoms with van der Waals surface area (Å²) in [5.74, 6) is -0.970. The highest BCUT2D eigenvalue weighted by molar-refractivity contribution is 7.91. The lowest BCUT2D eigenvalue weighted by atomic mass is 10.1. The number of carbonyl (C=O) groups is 1. The van der Waals surface area contributed by atoms with Gasteiger partial charge in [0.1, 0.15) is 11.4 Å². The van der Waals surface area contributed by atoms with Crippen molar-refractivity contribution in [2.45, 2.75) is 17.8 Å². The van der Waals surface area contributed by atoms with Crippen LogP contribution in [0.2, 0.25) is 5.02 Å². The third kappa shape index (κ3) is 6.42. The molecule has 12 heteroatoms. The van der Waals surface area contributed by atoms with Crippen LogP contribution in [-0.4, -0.2) is 37.2 Å². The fourth-order valence-electron chi connectivity index (χ4n) is 2.69. The van der Waals surface area contributed by atoms with Gasteiger partial charge in [-0.1, -0.05) is 11.6 Å². The van der Waals surface area contributed by atoms with Gasteiger partial charge in [-0.2, -0.15) is 13.2 Å². The molecule has 2 aromatic carbocycles. The smallest absolute Gasteiger partial charge is 0.433 e. The molecular weight excluding hydrogens is 483 g/mol. The van der Waals surface area contributed by atoms with E-state index in [2.05, 4.69) is 15.3 Å². The Hall–Kier alpha value is -3.18. The molecule has 0 unspecified atom stereocenters. The van der Waals surface area contributed by atoms with Crippen LogP contribution in [0, 0.1) is 0 Å². The van der Waals surface area contributed by atoms with E-state index in [0.29, 0.717) is 22.5 Å². The molecule has 0 bridgehead atoms. The van der Waals surface area contributed by atoms with Gasteiger partial charge >= 0.3 is 6.18 Å². The minimum absolute atomic E-state index is 0.232. The van der Waals surface area contributed by atoms with Crippen molar-refractivity contribution in [1.29, 1.82) is 0 Å². The van der Waals surface area contributed by atoms with Crippen molar-refractivity contribution in [2.24, 2.45) is 0 Å². The first-order valence-corrected chi connectivity index (χ1v) is 11.4. The van der Waals surface area contributed by atoms with E-state index in [-0.39, 0.29) is 11.3 Å². The molecule has 0 radical (unpaired) electrons. The van der Waals surface area contributed by atoms with Crippen LogP contribution < -0.4 is 10.1 Å². The van der Waals surface area contributed by atoms with Crippen molar-refractivity contribution in [3.63, 3.8) is 0 Å². The van der Waals surface area contributed by atoms with Crippen LogP contribution in [0.25, 0.3) is 11.3 Å². The summed E-state index contributed by atoms with van der Waals surface area (Å²) in [5, 5.41) is 1.92. The van der Waals surface area contributed by atoms with Crippen molar-refractivity contribution in [3.05, 3.63) is 65.3 Å². The Morgan fingerprint density at radius 2 is 1.70 bits per heavy atom. The summed E-state index contributed by atoms with van der Waals surface area (Å²) >= 11 is 5.76. The van der Waals surface area contributed by atoms with E-state index in [1.54, 1.807) is 0 Å². The Balaban J connectivity index is 1.85. The van der Waals surface area contributed by atoms with Gasteiger partial charge in [0, 0.05) is 22.7 Å². The number of hydrogen-bond donors (Lipinski definition) is 1. The van der Waals surface area contributed by atoms with E-state index in [1.165, 1.54) is 55.6 Å². The van der Waals surface area contributed by atoms with Crippen molar-refractivity contribution in [1.82, 2.24) is 9.97 Å². The molecule has 174 valence electrons. The third-order valence-electron chi connectivity index (χ3n) is 4.39. The number of methoxy groups -OCH3 is 1. The predicted molar refractivity (Wildman–Crippen MR) is 116 cm³/mol. The van der Waals surface area contributed by atoms with Gasteiger partial charge in [-0.25, -0.2) is 18.4 Å². The summed E-state index contributed by atoms with van der Waals surface area (Å²) in [6.45, 7) is 0. The highest BCUT2D eigenvalue weighted by atomic mass is 35.5. The number of carbonyl (C=O) groups excluding carboxylic acids is 1. The molecule has 3 aromatic rings. The summed E-state index contributed by atoms with van der Waals surface area (Å²) in [5.41, 5.74) is -1.02. The number of nitrogens with one attached hydrogen (secondary N) is 1. The highest BCUT2D eigenvalue weighted by Crippen LogP contribution is 2.31. The maximum Gasteiger partial charge on any atom is 0.433 e. The summed E-state index contributed by atoms with van der Waals surface area (Å²) in [6.07, 6.45) is -5.41. The molecule has 1 heterocycles. The lowest BCUT2D eigenvalue weighted by molar-refractivity contribution is -0.141. The third-order valence-corrected chi connectivity index (χ3v) is 6.12. The fraction of sp³-hybridized carbons (Fsp3) is 0.190. The second kappa shape index (κ2) is 9.75. The van der Waals surface area contributed by atoms with Crippen LogP contribution in [-0.2, 0) is 20.8 Å². The normalized spacial score (nSPS) is 11.8. The minimum Gasteiger partial charge on any atom is -0.497 e. The lowest BCUT2D eigenvalue weighted by Gasteiger charge is -2.11. The van der Waals surface area contributed by atoms with E-state index < -0.39 is 44.9 Å². The van der Waals surface area contributed by atoms with Crippen LogP contribution in [0.4, 0.5) is 18.9 Å². The summed E-state index contributed by atoms with van der Waals surface area (Å²) < 4.78 is 70.5. The molecular formula is C21H17ClF3N3O4S. The van der Waals surface area contributed by atoms with Crippen LogP contribution in [0.5, 0.6) is 5.75 Å². The van der Waals surface area contributed by atoms with E-state index >= 15 is 0 Å². The standard InChI is InChI=1S/C21H17ClF3N3O4S/c1-32-16-8-2-13(3-9-16)17-12-18(21(23,24)25)28-20(27-17)33(30,31)11-10-19(29)26-15-6-4-14(22)5-7-15/h2-9,12H,10-11H2,1H3,(H,26,29). The van der Waals surface area contributed by atoms with Gasteiger partial charge in [0.05, 0.1) is 18.6 Å². The van der Waals surface area contributed by atoms with Crippen molar-refractivity contribution < 1.29 is 31.1 Å². The predicted octanol–water partition coefficient (Wildman–Crippen LogP) is 4.63. The van der Waals surface area contributed by atoms with Crippen molar-refractivity contribution >= 4 is 33.0 Å². The average Bonchev–Trinajstić information content (AvgIpc) is 2.78. The molecule has 0 fully saturated rings. The Morgan fingerprint density at radius 3 is 2.27 bits per heavy atom. The monoisotopic (exact) mass is 499 g/mol. The first-order chi connectivity index (χ1) is 15.5. The number of anilines is 1. The van der Waals surface area contributed by atoms with E-state index in [0.717, 1.165) is 0 Å². The average molecular weight is 500 g/mol. The largest absolute Gasteiger partial charge is 0.497 e. The maximum absolute atomic E-state index is 13.4. The van der Waals surface area contributed by atoms with Crippen molar-refractivity contribution in [3.8, 4) is 17.0 Å². The second-order valence-corrected chi connectivity index (χ2v) is 9.21. The van der Waals surface area contributed by atoms with Gasteiger partial charge in [-0.3, -0.25) is 4.79 Å². The van der Waals surface area contributed by atoms with E-state index in [4.69, 9.17) is 16.3 Å². The molecule has 1 aromatic heterocycles. The van der Waals surface area contributed by atoms with Gasteiger partial charge in [-0.05, 0) is 54.6 Å². The Kier molecular flexibility index (Phi) is 7.23. The molecule has 1 amide bonds. The summed E-state index contributed by atoms with van der Waals surface area (Å²) in [6, 6.07) is 12.6. The molecule has 0 saturated heterocycles. The van der Waals surface area contributed by atoms with Gasteiger partial charge in [0.25, 0.3) is 0 Å². The number of benzene rings is 2. The number of nitrogens with zero attached hydrogens (tertiary/aromatic N) is 2. The fourth-order valence-corrected chi connectivity index (χ4v) is 3.93. The molecule has 0 saturated carbocycles. The van der Waals surface area contributed by atoms with E-state index in [9.17, 15) is 26.4 Å². The van der Waals surface area contributed by atoms with Gasteiger partial charge in [0.15, 0.2) is 0 Å². The number of sulfone groups is 1. The second-order valence-electron chi connectivity index (χ2n) is 6.77. The maximum atomic E-state index is 13.4. The van der Waals surface area contributed by atoms with Gasteiger partial charge in [-0.15, -0.1) is 0 Å². The number of alkyl halides is 3. The Morgan fingerprint density at radius 1 is 1.06 bits per heavy atom. The van der Waals surface area contributed by atoms with Gasteiger partial charge < -0.3 is 10.1 Å². The van der Waals surface area contributed by atoms with Crippen LogP contribution in [0.1, 0.15) is 12.1 Å². The zero-order valence-electron chi connectivity index (χ0n) is 17.1.